The van der Waals surface area contributed by atoms with Crippen LogP contribution in [-0.4, -0.2) is 58.7 Å². The van der Waals surface area contributed by atoms with Crippen LogP contribution in [0.4, 0.5) is 79.0 Å². The summed E-state index contributed by atoms with van der Waals surface area (Å²) < 4.78 is 256. The van der Waals surface area contributed by atoms with E-state index in [9.17, 15) is 71.7 Å². The van der Waals surface area contributed by atoms with Gasteiger partial charge in [-0.3, -0.25) is 9.98 Å². The fourth-order valence-electron chi connectivity index (χ4n) is 6.27. The van der Waals surface area contributed by atoms with E-state index in [1.165, 1.54) is 102 Å². The predicted octanol–water partition coefficient (Wildman–Crippen LogP) is 14.6. The van der Waals surface area contributed by atoms with Gasteiger partial charge in [-0.25, -0.2) is 0 Å². The standard InChI is InChI=1S/C44H38F18N2O2/c1-35(2,3)27-17-25(33(65)29(19-27)37(45,46)39(49,50)41(53,54)43(57,58)59)21-63-31(23-13-9-7-10-14-23)32(24-15-11-8-12-16-24)64-22-26-18-28(36(4,5)6)20-30(34(26)66)38(47,48)40(51,52)42(55,56)44(60,61)62/h7-22,31-32,65-66H,1-6H3/t31-,32-/m1/s1. The molecule has 0 unspecified atom stereocenters. The molecule has 66 heavy (non-hydrogen) atoms. The van der Waals surface area contributed by atoms with E-state index < -0.39 is 116 Å². The average Bonchev–Trinajstić information content (AvgIpc) is 3.18. The Bertz CT molecular complexity index is 2250. The molecule has 0 radical (unpaired) electrons. The van der Waals surface area contributed by atoms with Gasteiger partial charge >= 0.3 is 47.9 Å². The second kappa shape index (κ2) is 17.3. The van der Waals surface area contributed by atoms with Crippen LogP contribution in [0.15, 0.2) is 94.9 Å². The lowest BCUT2D eigenvalue weighted by atomic mass is 9.82. The fraction of sp³-hybridized carbons (Fsp3) is 0.409. The van der Waals surface area contributed by atoms with Crippen molar-refractivity contribution in [2.75, 3.05) is 0 Å². The Kier molecular flexibility index (Phi) is 14.0. The smallest absolute Gasteiger partial charge is 0.460 e. The van der Waals surface area contributed by atoms with Crippen molar-refractivity contribution >= 4 is 12.4 Å². The van der Waals surface area contributed by atoms with Gasteiger partial charge in [0.05, 0.1) is 11.1 Å². The summed E-state index contributed by atoms with van der Waals surface area (Å²) in [5, 5.41) is 22.0. The molecule has 0 spiro atoms. The van der Waals surface area contributed by atoms with Gasteiger partial charge in [0.25, 0.3) is 0 Å². The normalized spacial score (nSPS) is 15.5. The van der Waals surface area contributed by atoms with Gasteiger partial charge in [0.2, 0.25) is 0 Å². The van der Waals surface area contributed by atoms with Crippen molar-refractivity contribution in [3.05, 3.63) is 129 Å². The minimum Gasteiger partial charge on any atom is -0.507 e. The first-order valence-electron chi connectivity index (χ1n) is 19.0. The minimum atomic E-state index is -7.34. The van der Waals surface area contributed by atoms with Crippen molar-refractivity contribution in [3.63, 3.8) is 0 Å². The number of hydrogen-bond acceptors (Lipinski definition) is 4. The zero-order chi connectivity index (χ0) is 50.7. The van der Waals surface area contributed by atoms with Gasteiger partial charge in [-0.2, -0.15) is 79.0 Å². The molecule has 4 aromatic rings. The highest BCUT2D eigenvalue weighted by molar-refractivity contribution is 5.86. The molecule has 362 valence electrons. The molecule has 2 atom stereocenters. The molecular weight excluding hydrogens is 930 g/mol. The Morgan fingerprint density at radius 2 is 0.682 bits per heavy atom. The van der Waals surface area contributed by atoms with Gasteiger partial charge in [0, 0.05) is 23.6 Å². The second-order valence-corrected chi connectivity index (χ2v) is 17.1. The molecule has 0 fully saturated rings. The molecule has 4 rings (SSSR count). The minimum absolute atomic E-state index is 0.0991. The molecular formula is C44H38F18N2O2. The number of aromatic hydroxyl groups is 2. The maximum atomic E-state index is 15.5. The van der Waals surface area contributed by atoms with Crippen molar-refractivity contribution in [1.82, 2.24) is 0 Å². The molecule has 2 N–H and O–H groups in total. The van der Waals surface area contributed by atoms with Crippen LogP contribution in [0.3, 0.4) is 0 Å². The molecule has 22 heteroatoms. The van der Waals surface area contributed by atoms with Gasteiger partial charge in [-0.15, -0.1) is 0 Å². The number of nitrogens with zero attached hydrogens (tertiary/aromatic N) is 2. The number of aliphatic imine (C=N–C) groups is 2. The molecule has 0 bridgehead atoms. The van der Waals surface area contributed by atoms with Crippen LogP contribution in [0.25, 0.3) is 0 Å². The quantitative estimate of drug-likeness (QED) is 0.104. The Morgan fingerprint density at radius 3 is 0.924 bits per heavy atom. The predicted molar refractivity (Wildman–Crippen MR) is 207 cm³/mol. The topological polar surface area (TPSA) is 65.2 Å². The third kappa shape index (κ3) is 9.55. The first-order valence-corrected chi connectivity index (χ1v) is 19.0. The monoisotopic (exact) mass is 968 g/mol. The second-order valence-electron chi connectivity index (χ2n) is 17.1. The summed E-state index contributed by atoms with van der Waals surface area (Å²) >= 11 is 0. The molecule has 4 aromatic carbocycles. The van der Waals surface area contributed by atoms with E-state index in [0.29, 0.717) is 12.4 Å². The number of phenols is 2. The van der Waals surface area contributed by atoms with Crippen LogP contribution in [0.1, 0.15) is 98.1 Å². The van der Waals surface area contributed by atoms with E-state index in [-0.39, 0.29) is 23.3 Å². The molecule has 0 heterocycles. The summed E-state index contributed by atoms with van der Waals surface area (Å²) in [7, 11) is 0. The SMILES string of the molecule is CC(C)(C)c1cc(C=N[C@H](c2ccccc2)[C@H](N=Cc2cc(C(C)(C)C)cc(C(F)(F)C(F)(F)C(F)(F)C(F)(F)F)c2O)c2ccccc2)c(O)c(C(F)(F)C(F)(F)C(F)(F)C(F)(F)F)c1. The molecule has 0 saturated heterocycles. The lowest BCUT2D eigenvalue weighted by molar-refractivity contribution is -0.399. The molecule has 0 aromatic heterocycles. The first-order chi connectivity index (χ1) is 29.7. The van der Waals surface area contributed by atoms with E-state index in [2.05, 4.69) is 9.98 Å². The molecule has 0 aliphatic rings. The fourth-order valence-corrected chi connectivity index (χ4v) is 6.27. The number of phenolic OH excluding ortho intramolecular Hbond substituents is 2. The first kappa shape index (κ1) is 53.2. The van der Waals surface area contributed by atoms with Gasteiger partial charge in [-0.05, 0) is 57.3 Å². The van der Waals surface area contributed by atoms with Gasteiger partial charge < -0.3 is 10.2 Å². The highest BCUT2D eigenvalue weighted by Gasteiger charge is 2.83. The van der Waals surface area contributed by atoms with Crippen LogP contribution in [-0.2, 0) is 22.7 Å². The summed E-state index contributed by atoms with van der Waals surface area (Å²) in [6.07, 6.45) is -13.3. The summed E-state index contributed by atoms with van der Waals surface area (Å²) in [5.41, 5.74) is -10.00. The summed E-state index contributed by atoms with van der Waals surface area (Å²) in [4.78, 5) is 8.60. The third-order valence-electron chi connectivity index (χ3n) is 10.3. The van der Waals surface area contributed by atoms with Crippen molar-refractivity contribution in [1.29, 1.82) is 0 Å². The van der Waals surface area contributed by atoms with E-state index in [4.69, 9.17) is 0 Å². The van der Waals surface area contributed by atoms with Gasteiger partial charge in [0.1, 0.15) is 23.6 Å². The van der Waals surface area contributed by atoms with Crippen molar-refractivity contribution < 1.29 is 89.2 Å². The third-order valence-corrected chi connectivity index (χ3v) is 10.3. The Morgan fingerprint density at radius 1 is 0.409 bits per heavy atom. The van der Waals surface area contributed by atoms with Crippen LogP contribution in [0.2, 0.25) is 0 Å². The maximum absolute atomic E-state index is 15.5. The molecule has 0 saturated carbocycles. The Labute approximate surface area is 364 Å². The van der Waals surface area contributed by atoms with Crippen molar-refractivity contribution in [2.45, 2.75) is 112 Å². The van der Waals surface area contributed by atoms with Crippen molar-refractivity contribution in [2.24, 2.45) is 9.98 Å². The molecule has 0 aliphatic heterocycles. The largest absolute Gasteiger partial charge is 0.507 e. The number of hydrogen-bond donors (Lipinski definition) is 2. The zero-order valence-corrected chi connectivity index (χ0v) is 35.0. The van der Waals surface area contributed by atoms with E-state index in [1.807, 2.05) is 0 Å². The summed E-state index contributed by atoms with van der Waals surface area (Å²) in [6.45, 7) is 7.79. The number of halogens is 18. The average molecular weight is 969 g/mol. The van der Waals surface area contributed by atoms with Crippen LogP contribution >= 0.6 is 0 Å². The highest BCUT2D eigenvalue weighted by Crippen LogP contribution is 2.60. The van der Waals surface area contributed by atoms with Gasteiger partial charge in [0.15, 0.2) is 0 Å². The Hall–Kier alpha value is -5.44. The van der Waals surface area contributed by atoms with Gasteiger partial charge in [-0.1, -0.05) is 102 Å². The van der Waals surface area contributed by atoms with E-state index in [0.717, 1.165) is 12.1 Å². The maximum Gasteiger partial charge on any atom is 0.460 e. The number of benzene rings is 4. The number of alkyl halides is 18. The summed E-state index contributed by atoms with van der Waals surface area (Å²) in [5.74, 6) is -45.8. The Balaban J connectivity index is 2.04. The zero-order valence-electron chi connectivity index (χ0n) is 35.0. The lowest BCUT2D eigenvalue weighted by Gasteiger charge is -2.35. The van der Waals surface area contributed by atoms with Crippen molar-refractivity contribution in [3.8, 4) is 11.5 Å². The van der Waals surface area contributed by atoms with E-state index in [1.54, 1.807) is 0 Å². The number of rotatable bonds is 13. The van der Waals surface area contributed by atoms with E-state index >= 15 is 17.6 Å². The highest BCUT2D eigenvalue weighted by atomic mass is 19.4. The molecule has 4 nitrogen and oxygen atoms in total. The molecule has 0 amide bonds. The van der Waals surface area contributed by atoms with Crippen LogP contribution in [0.5, 0.6) is 11.5 Å². The molecule has 0 aliphatic carbocycles. The van der Waals surface area contributed by atoms with Crippen LogP contribution < -0.4 is 0 Å². The van der Waals surface area contributed by atoms with Crippen LogP contribution in [0, 0.1) is 0 Å². The summed E-state index contributed by atoms with van der Waals surface area (Å²) in [6, 6.07) is 12.9. The lowest BCUT2D eigenvalue weighted by Crippen LogP contribution is -2.59.